The molecule has 0 bridgehead atoms. The van der Waals surface area contributed by atoms with Gasteiger partial charge in [0.25, 0.3) is 11.8 Å². The van der Waals surface area contributed by atoms with Crippen molar-refractivity contribution in [1.29, 1.82) is 0 Å². The molecule has 2 aromatic carbocycles. The summed E-state index contributed by atoms with van der Waals surface area (Å²) in [5, 5.41) is 0.499. The average Bonchev–Trinajstić information content (AvgIpc) is 3.49. The van der Waals surface area contributed by atoms with Gasteiger partial charge in [0.1, 0.15) is 6.04 Å². The van der Waals surface area contributed by atoms with Crippen LogP contribution in [0.1, 0.15) is 52.0 Å². The van der Waals surface area contributed by atoms with Crippen molar-refractivity contribution in [3.05, 3.63) is 64.2 Å². The van der Waals surface area contributed by atoms with E-state index in [0.29, 0.717) is 59.9 Å². The topological polar surface area (TPSA) is 87.2 Å². The van der Waals surface area contributed by atoms with Gasteiger partial charge < -0.3 is 14.5 Å². The molecule has 36 heavy (non-hydrogen) atoms. The number of likely N-dealkylation sites (tertiary alicyclic amines) is 1. The molecule has 0 N–H and O–H groups in total. The first-order chi connectivity index (χ1) is 17.4. The molecular formula is C27H28ClN3O5. The van der Waals surface area contributed by atoms with Crippen molar-refractivity contribution >= 4 is 41.0 Å². The Morgan fingerprint density at radius 2 is 1.78 bits per heavy atom. The predicted molar refractivity (Wildman–Crippen MR) is 134 cm³/mol. The lowest BCUT2D eigenvalue weighted by molar-refractivity contribution is -0.152. The third-order valence-corrected chi connectivity index (χ3v) is 7.75. The van der Waals surface area contributed by atoms with Gasteiger partial charge >= 0.3 is 5.97 Å². The van der Waals surface area contributed by atoms with Crippen LogP contribution in [0.25, 0.3) is 0 Å². The highest BCUT2D eigenvalue weighted by molar-refractivity contribution is 6.31. The van der Waals surface area contributed by atoms with Crippen LogP contribution in [-0.2, 0) is 20.9 Å². The Bertz CT molecular complexity index is 1230. The highest BCUT2D eigenvalue weighted by atomic mass is 35.5. The normalized spacial score (nSPS) is 21.7. The van der Waals surface area contributed by atoms with Crippen molar-refractivity contribution < 1.29 is 23.9 Å². The molecule has 0 aromatic heterocycles. The molecule has 0 spiro atoms. The van der Waals surface area contributed by atoms with E-state index >= 15 is 0 Å². The van der Waals surface area contributed by atoms with Gasteiger partial charge in [-0.1, -0.05) is 35.9 Å². The highest BCUT2D eigenvalue weighted by Gasteiger charge is 2.42. The molecule has 3 aliphatic rings. The summed E-state index contributed by atoms with van der Waals surface area (Å²) in [4.78, 5) is 57.1. The SMILES string of the molecule is COC(=O)[C@@H]1CCCN1C(=O)[C@H]1CCCN(c2cccc3c2C(=O)N(Cc2ccccc2Cl)C3=O)C1. The zero-order chi connectivity index (χ0) is 25.4. The van der Waals surface area contributed by atoms with Crippen LogP contribution in [0.3, 0.4) is 0 Å². The predicted octanol–water partition coefficient (Wildman–Crippen LogP) is 3.52. The summed E-state index contributed by atoms with van der Waals surface area (Å²) >= 11 is 6.28. The summed E-state index contributed by atoms with van der Waals surface area (Å²) in [7, 11) is 1.34. The molecule has 2 atom stereocenters. The summed E-state index contributed by atoms with van der Waals surface area (Å²) in [6, 6.07) is 11.9. The van der Waals surface area contributed by atoms with Crippen molar-refractivity contribution in [2.45, 2.75) is 38.3 Å². The molecule has 5 rings (SSSR count). The van der Waals surface area contributed by atoms with E-state index in [9.17, 15) is 19.2 Å². The molecule has 0 unspecified atom stereocenters. The maximum atomic E-state index is 13.5. The van der Waals surface area contributed by atoms with E-state index in [-0.39, 0.29) is 36.2 Å². The summed E-state index contributed by atoms with van der Waals surface area (Å²) < 4.78 is 4.90. The second-order valence-electron chi connectivity index (χ2n) is 9.49. The second-order valence-corrected chi connectivity index (χ2v) is 9.89. The minimum absolute atomic E-state index is 0.0528. The largest absolute Gasteiger partial charge is 0.467 e. The number of carbonyl (C=O) groups is 4. The molecule has 2 aromatic rings. The third-order valence-electron chi connectivity index (χ3n) is 7.38. The van der Waals surface area contributed by atoms with E-state index in [4.69, 9.17) is 16.3 Å². The molecule has 188 valence electrons. The maximum absolute atomic E-state index is 13.5. The van der Waals surface area contributed by atoms with Gasteiger partial charge in [-0.25, -0.2) is 4.79 Å². The molecule has 0 radical (unpaired) electrons. The molecule has 9 heteroatoms. The average molecular weight is 510 g/mol. The number of carbonyl (C=O) groups excluding carboxylic acids is 4. The number of rotatable bonds is 5. The number of esters is 1. The fourth-order valence-corrected chi connectivity index (χ4v) is 5.76. The molecule has 3 aliphatic heterocycles. The zero-order valence-electron chi connectivity index (χ0n) is 20.1. The van der Waals surface area contributed by atoms with E-state index in [1.807, 2.05) is 17.0 Å². The van der Waals surface area contributed by atoms with Crippen LogP contribution >= 0.6 is 11.6 Å². The Labute approximate surface area is 214 Å². The standard InChI is InChI=1S/C27H28ClN3O5/c1-36-27(35)22-12-6-14-30(22)24(32)18-8-5-13-29(15-18)21-11-4-9-19-23(21)26(34)31(25(19)33)16-17-7-2-3-10-20(17)28/h2-4,7,9-11,18,22H,5-6,8,12-16H2,1H3/t18-,22-/m0/s1. The monoisotopic (exact) mass is 509 g/mol. The summed E-state index contributed by atoms with van der Waals surface area (Å²) in [6.45, 7) is 1.73. The lowest BCUT2D eigenvalue weighted by Gasteiger charge is -2.37. The Balaban J connectivity index is 1.37. The Morgan fingerprint density at radius 3 is 2.56 bits per heavy atom. The van der Waals surface area contributed by atoms with E-state index in [1.54, 1.807) is 35.2 Å². The van der Waals surface area contributed by atoms with Crippen molar-refractivity contribution in [2.75, 3.05) is 31.6 Å². The van der Waals surface area contributed by atoms with Gasteiger partial charge in [0.2, 0.25) is 5.91 Å². The first-order valence-corrected chi connectivity index (χ1v) is 12.6. The number of nitrogens with zero attached hydrogens (tertiary/aromatic N) is 3. The van der Waals surface area contributed by atoms with Crippen molar-refractivity contribution in [3.63, 3.8) is 0 Å². The number of ether oxygens (including phenoxy) is 1. The molecule has 3 heterocycles. The second kappa shape index (κ2) is 9.93. The Morgan fingerprint density at radius 1 is 1.00 bits per heavy atom. The minimum Gasteiger partial charge on any atom is -0.467 e. The minimum atomic E-state index is -0.531. The number of piperidine rings is 1. The Hall–Kier alpha value is -3.39. The van der Waals surface area contributed by atoms with Crippen LogP contribution in [-0.4, -0.2) is 66.3 Å². The molecule has 2 saturated heterocycles. The van der Waals surface area contributed by atoms with Gasteiger partial charge in [-0.2, -0.15) is 0 Å². The molecule has 8 nitrogen and oxygen atoms in total. The number of hydrogen-bond acceptors (Lipinski definition) is 6. The molecule has 0 saturated carbocycles. The lowest BCUT2D eigenvalue weighted by Crippen LogP contribution is -2.48. The van der Waals surface area contributed by atoms with Crippen LogP contribution in [0, 0.1) is 5.92 Å². The van der Waals surface area contributed by atoms with Crippen LogP contribution in [0.2, 0.25) is 5.02 Å². The van der Waals surface area contributed by atoms with Gasteiger partial charge in [0, 0.05) is 24.7 Å². The van der Waals surface area contributed by atoms with Crippen LogP contribution in [0.4, 0.5) is 5.69 Å². The van der Waals surface area contributed by atoms with Crippen molar-refractivity contribution in [2.24, 2.45) is 5.92 Å². The molecule has 3 amide bonds. The molecule has 2 fully saturated rings. The van der Waals surface area contributed by atoms with Gasteiger partial charge in [-0.05, 0) is 49.4 Å². The number of halogens is 1. The summed E-state index contributed by atoms with van der Waals surface area (Å²) in [5.74, 6) is -1.44. The van der Waals surface area contributed by atoms with E-state index in [0.717, 1.165) is 12.8 Å². The van der Waals surface area contributed by atoms with E-state index in [2.05, 4.69) is 0 Å². The van der Waals surface area contributed by atoms with Crippen LogP contribution in [0.15, 0.2) is 42.5 Å². The van der Waals surface area contributed by atoms with Gasteiger partial charge in [0.05, 0.1) is 36.4 Å². The number of hydrogen-bond donors (Lipinski definition) is 0. The lowest BCUT2D eigenvalue weighted by atomic mass is 9.94. The number of benzene rings is 2. The quantitative estimate of drug-likeness (QED) is 0.453. The number of amides is 3. The number of fused-ring (bicyclic) bond motifs is 1. The number of imide groups is 1. The smallest absolute Gasteiger partial charge is 0.328 e. The maximum Gasteiger partial charge on any atom is 0.328 e. The number of anilines is 1. The zero-order valence-corrected chi connectivity index (χ0v) is 20.9. The number of methoxy groups -OCH3 is 1. The third kappa shape index (κ3) is 4.23. The Kier molecular flexibility index (Phi) is 6.71. The summed E-state index contributed by atoms with van der Waals surface area (Å²) in [6.07, 6.45) is 2.85. The highest BCUT2D eigenvalue weighted by Crippen LogP contribution is 2.36. The van der Waals surface area contributed by atoms with Crippen LogP contribution < -0.4 is 4.90 Å². The molecule has 0 aliphatic carbocycles. The first kappa shape index (κ1) is 24.3. The van der Waals surface area contributed by atoms with Gasteiger partial charge in [0.15, 0.2) is 0 Å². The fourth-order valence-electron chi connectivity index (χ4n) is 5.56. The van der Waals surface area contributed by atoms with E-state index in [1.165, 1.54) is 12.0 Å². The first-order valence-electron chi connectivity index (χ1n) is 12.3. The van der Waals surface area contributed by atoms with Crippen molar-refractivity contribution in [3.8, 4) is 0 Å². The van der Waals surface area contributed by atoms with Gasteiger partial charge in [-0.3, -0.25) is 19.3 Å². The fraction of sp³-hybridized carbons (Fsp3) is 0.407. The molecular weight excluding hydrogens is 482 g/mol. The summed E-state index contributed by atoms with van der Waals surface area (Å²) in [5.41, 5.74) is 2.10. The van der Waals surface area contributed by atoms with E-state index < -0.39 is 6.04 Å². The van der Waals surface area contributed by atoms with Gasteiger partial charge in [-0.15, -0.1) is 0 Å². The van der Waals surface area contributed by atoms with Crippen molar-refractivity contribution in [1.82, 2.24) is 9.80 Å². The van der Waals surface area contributed by atoms with Crippen LogP contribution in [0.5, 0.6) is 0 Å².